The molecule has 2 aromatic rings. The number of Topliss-reactive ketones (excluding diaryl/α,β-unsaturated/α-hetero) is 1. The van der Waals surface area contributed by atoms with Crippen LogP contribution in [0.4, 0.5) is 0 Å². The van der Waals surface area contributed by atoms with Crippen LogP contribution in [0.25, 0.3) is 11.3 Å². The maximum absolute atomic E-state index is 12.7. The first kappa shape index (κ1) is 15.8. The van der Waals surface area contributed by atoms with Crippen LogP contribution >= 0.6 is 12.0 Å². The predicted molar refractivity (Wildman–Crippen MR) is 86.0 cm³/mol. The summed E-state index contributed by atoms with van der Waals surface area (Å²) in [7, 11) is 1.45. The Morgan fingerprint density at radius 1 is 1.22 bits per heavy atom. The van der Waals surface area contributed by atoms with Gasteiger partial charge in [0.25, 0.3) is 0 Å². The van der Waals surface area contributed by atoms with Crippen LogP contribution in [-0.4, -0.2) is 28.7 Å². The van der Waals surface area contributed by atoms with Gasteiger partial charge in [-0.3, -0.25) is 9.89 Å². The number of ketones is 1. The lowest BCUT2D eigenvalue weighted by molar-refractivity contribution is -0.160. The molecule has 1 N–H and O–H groups in total. The van der Waals surface area contributed by atoms with Gasteiger partial charge in [-0.05, 0) is 26.0 Å². The summed E-state index contributed by atoms with van der Waals surface area (Å²) >= 11 is 1.11. The van der Waals surface area contributed by atoms with Crippen molar-refractivity contribution < 1.29 is 18.8 Å². The fraction of sp³-hybridized carbons (Fsp3) is 0.250. The number of carbonyl (C=O) groups is 1. The molecular formula is C16H16N2O4S. The third kappa shape index (κ3) is 3.03. The monoisotopic (exact) mass is 332 g/mol. The molecule has 1 aliphatic rings. The summed E-state index contributed by atoms with van der Waals surface area (Å²) < 4.78 is 10.8. The Kier molecular flexibility index (Phi) is 4.25. The number of benzene rings is 1. The molecule has 0 aliphatic carbocycles. The maximum atomic E-state index is 12.7. The van der Waals surface area contributed by atoms with E-state index in [0.29, 0.717) is 11.3 Å². The van der Waals surface area contributed by atoms with E-state index in [4.69, 9.17) is 9.07 Å². The van der Waals surface area contributed by atoms with Gasteiger partial charge in [0, 0.05) is 22.2 Å². The van der Waals surface area contributed by atoms with E-state index in [1.54, 1.807) is 26.2 Å². The molecule has 0 atom stereocenters. The van der Waals surface area contributed by atoms with Crippen molar-refractivity contribution >= 4 is 29.2 Å². The zero-order valence-corrected chi connectivity index (χ0v) is 13.8. The summed E-state index contributed by atoms with van der Waals surface area (Å²) in [6, 6.07) is 7.51. The van der Waals surface area contributed by atoms with Crippen LogP contribution in [0.2, 0.25) is 0 Å². The standard InChI is InChI=1S/C16H16N2O4S/c1-16(2)15(19)13(11-8-17-18-9-11)14(21-16)10-4-6-12(7-5-10)23-22-20-3/h4-9H,1-3H3,(H,17,18). The first-order valence-electron chi connectivity index (χ1n) is 6.98. The van der Waals surface area contributed by atoms with Crippen LogP contribution in [0, 0.1) is 0 Å². The van der Waals surface area contributed by atoms with Gasteiger partial charge in [-0.15, -0.1) is 0 Å². The number of ether oxygens (including phenoxy) is 1. The molecule has 23 heavy (non-hydrogen) atoms. The van der Waals surface area contributed by atoms with Crippen molar-refractivity contribution in [3.63, 3.8) is 0 Å². The number of hydrogen-bond acceptors (Lipinski definition) is 6. The van der Waals surface area contributed by atoms with Crippen molar-refractivity contribution in [3.05, 3.63) is 47.8 Å². The molecule has 0 saturated heterocycles. The van der Waals surface area contributed by atoms with Crippen molar-refractivity contribution in [1.29, 1.82) is 0 Å². The second-order valence-corrected chi connectivity index (χ2v) is 6.25. The molecule has 1 aromatic heterocycles. The summed E-state index contributed by atoms with van der Waals surface area (Å²) in [5.74, 6) is 0.501. The van der Waals surface area contributed by atoms with Crippen LogP contribution < -0.4 is 0 Å². The van der Waals surface area contributed by atoms with Crippen LogP contribution in [0.5, 0.6) is 0 Å². The lowest BCUT2D eigenvalue weighted by atomic mass is 9.94. The van der Waals surface area contributed by atoms with E-state index in [2.05, 4.69) is 15.1 Å². The molecule has 120 valence electrons. The SMILES string of the molecule is COOSc1ccc(C2=C(c3cn[nH]c3)C(=O)C(C)(C)O2)cc1. The van der Waals surface area contributed by atoms with Gasteiger partial charge >= 0.3 is 0 Å². The lowest BCUT2D eigenvalue weighted by Gasteiger charge is -2.17. The van der Waals surface area contributed by atoms with Gasteiger partial charge < -0.3 is 4.74 Å². The van der Waals surface area contributed by atoms with Gasteiger partial charge in [0.05, 0.1) is 30.9 Å². The molecule has 0 bridgehead atoms. The minimum Gasteiger partial charge on any atom is -0.478 e. The fourth-order valence-corrected chi connectivity index (χ4v) is 2.74. The quantitative estimate of drug-likeness (QED) is 0.515. The largest absolute Gasteiger partial charge is 0.478 e. The molecule has 2 heterocycles. The predicted octanol–water partition coefficient (Wildman–Crippen LogP) is 3.24. The molecule has 7 heteroatoms. The highest BCUT2D eigenvalue weighted by Gasteiger charge is 2.43. The van der Waals surface area contributed by atoms with Gasteiger partial charge in [-0.25, -0.2) is 4.89 Å². The van der Waals surface area contributed by atoms with E-state index in [0.717, 1.165) is 28.1 Å². The lowest BCUT2D eigenvalue weighted by Crippen LogP contribution is -2.29. The van der Waals surface area contributed by atoms with E-state index in [-0.39, 0.29) is 5.78 Å². The number of nitrogens with one attached hydrogen (secondary N) is 1. The highest BCUT2D eigenvalue weighted by molar-refractivity contribution is 7.94. The number of carbonyl (C=O) groups excluding carboxylic acids is 1. The topological polar surface area (TPSA) is 73.4 Å². The Morgan fingerprint density at radius 3 is 2.57 bits per heavy atom. The smallest absolute Gasteiger partial charge is 0.210 e. The van der Waals surface area contributed by atoms with Gasteiger partial charge in [0.1, 0.15) is 5.76 Å². The first-order valence-corrected chi connectivity index (χ1v) is 7.72. The highest BCUT2D eigenvalue weighted by Crippen LogP contribution is 2.41. The molecule has 0 amide bonds. The third-order valence-corrected chi connectivity index (χ3v) is 4.13. The van der Waals surface area contributed by atoms with Crippen LogP contribution in [0.1, 0.15) is 25.0 Å². The number of rotatable bonds is 5. The number of hydrogen-bond donors (Lipinski definition) is 1. The van der Waals surface area contributed by atoms with E-state index in [1.165, 1.54) is 7.11 Å². The number of aromatic amines is 1. The second kappa shape index (κ2) is 6.19. The van der Waals surface area contributed by atoms with Gasteiger partial charge in [-0.2, -0.15) is 9.43 Å². The molecule has 0 radical (unpaired) electrons. The van der Waals surface area contributed by atoms with E-state index in [1.807, 2.05) is 24.3 Å². The van der Waals surface area contributed by atoms with Gasteiger partial charge in [0.15, 0.2) is 5.60 Å². The minimum absolute atomic E-state index is 0.0601. The average Bonchev–Trinajstić information content (AvgIpc) is 3.13. The molecule has 1 aliphatic heterocycles. The molecule has 0 fully saturated rings. The molecule has 6 nitrogen and oxygen atoms in total. The molecular weight excluding hydrogens is 316 g/mol. The van der Waals surface area contributed by atoms with E-state index in [9.17, 15) is 4.79 Å². The van der Waals surface area contributed by atoms with Crippen molar-refractivity contribution in [1.82, 2.24) is 10.2 Å². The maximum Gasteiger partial charge on any atom is 0.210 e. The van der Waals surface area contributed by atoms with Gasteiger partial charge in [0.2, 0.25) is 5.78 Å². The van der Waals surface area contributed by atoms with Crippen molar-refractivity contribution in [2.24, 2.45) is 0 Å². The van der Waals surface area contributed by atoms with E-state index >= 15 is 0 Å². The zero-order valence-electron chi connectivity index (χ0n) is 13.0. The highest BCUT2D eigenvalue weighted by atomic mass is 32.2. The van der Waals surface area contributed by atoms with Crippen molar-refractivity contribution in [2.45, 2.75) is 24.3 Å². The molecule has 0 unspecified atom stereocenters. The summed E-state index contributed by atoms with van der Waals surface area (Å²) in [4.78, 5) is 18.1. The molecule has 1 aromatic carbocycles. The zero-order chi connectivity index (χ0) is 16.4. The minimum atomic E-state index is -0.894. The number of H-pyrrole nitrogens is 1. The Hall–Kier alpha value is -2.09. The Balaban J connectivity index is 1.99. The summed E-state index contributed by atoms with van der Waals surface area (Å²) in [5.41, 5.74) is 1.19. The number of nitrogens with zero attached hydrogens (tertiary/aromatic N) is 1. The van der Waals surface area contributed by atoms with Crippen molar-refractivity contribution in [3.8, 4) is 0 Å². The Labute approximate surface area is 138 Å². The van der Waals surface area contributed by atoms with Crippen molar-refractivity contribution in [2.75, 3.05) is 7.11 Å². The molecule has 3 rings (SSSR count). The Morgan fingerprint density at radius 2 is 1.96 bits per heavy atom. The summed E-state index contributed by atoms with van der Waals surface area (Å²) in [5, 5.41) is 6.66. The number of aromatic nitrogens is 2. The normalized spacial score (nSPS) is 16.7. The second-order valence-electron chi connectivity index (χ2n) is 5.48. The van der Waals surface area contributed by atoms with Crippen LogP contribution in [0.15, 0.2) is 41.6 Å². The fourth-order valence-electron chi connectivity index (χ4n) is 2.34. The molecule has 0 saturated carbocycles. The Bertz CT molecular complexity index is 736. The van der Waals surface area contributed by atoms with Crippen LogP contribution in [-0.2, 0) is 18.8 Å². The van der Waals surface area contributed by atoms with Crippen LogP contribution in [0.3, 0.4) is 0 Å². The molecule has 0 spiro atoms. The summed E-state index contributed by atoms with van der Waals surface area (Å²) in [6.07, 6.45) is 3.31. The van der Waals surface area contributed by atoms with Gasteiger partial charge in [-0.1, -0.05) is 12.1 Å². The third-order valence-electron chi connectivity index (χ3n) is 3.46. The first-order chi connectivity index (χ1) is 11.0. The summed E-state index contributed by atoms with van der Waals surface area (Å²) in [6.45, 7) is 3.53. The van der Waals surface area contributed by atoms with E-state index < -0.39 is 5.60 Å². The average molecular weight is 332 g/mol.